The Labute approximate surface area is 170 Å². The predicted octanol–water partition coefficient (Wildman–Crippen LogP) is 3.61. The van der Waals surface area contributed by atoms with Gasteiger partial charge in [0.25, 0.3) is 5.91 Å². The highest BCUT2D eigenvalue weighted by atomic mass is 19.3. The molecule has 0 aliphatic rings. The van der Waals surface area contributed by atoms with Crippen LogP contribution >= 0.6 is 0 Å². The van der Waals surface area contributed by atoms with Gasteiger partial charge in [0.05, 0.1) is 23.6 Å². The summed E-state index contributed by atoms with van der Waals surface area (Å²) < 4.78 is 35.2. The zero-order chi connectivity index (χ0) is 21.7. The maximum absolute atomic E-state index is 12.6. The van der Waals surface area contributed by atoms with E-state index in [1.54, 1.807) is 32.0 Å². The molecule has 0 bridgehead atoms. The van der Waals surface area contributed by atoms with E-state index in [-0.39, 0.29) is 18.1 Å². The summed E-state index contributed by atoms with van der Waals surface area (Å²) in [6.07, 6.45) is 0. The molecule has 0 aliphatic carbocycles. The van der Waals surface area contributed by atoms with Crippen LogP contribution in [0.5, 0.6) is 5.75 Å². The van der Waals surface area contributed by atoms with Crippen molar-refractivity contribution < 1.29 is 27.8 Å². The summed E-state index contributed by atoms with van der Waals surface area (Å²) in [4.78, 5) is 24.5. The van der Waals surface area contributed by atoms with Gasteiger partial charge in [-0.3, -0.25) is 4.79 Å². The number of ether oxygens (including phenoxy) is 2. The number of nitrogens with zero attached hydrogens (tertiary/aromatic N) is 3. The van der Waals surface area contributed by atoms with E-state index in [0.717, 1.165) is 0 Å². The average molecular weight is 416 g/mol. The Morgan fingerprint density at radius 2 is 1.90 bits per heavy atom. The topological polar surface area (TPSA) is 95.3 Å². The number of hydrogen-bond donors (Lipinski definition) is 1. The van der Waals surface area contributed by atoms with Gasteiger partial charge in [0, 0.05) is 5.69 Å². The zero-order valence-electron chi connectivity index (χ0n) is 16.1. The first kappa shape index (κ1) is 20.9. The van der Waals surface area contributed by atoms with Gasteiger partial charge >= 0.3 is 12.6 Å². The smallest absolute Gasteiger partial charge is 0.387 e. The lowest BCUT2D eigenvalue weighted by Crippen LogP contribution is -2.15. The Morgan fingerprint density at radius 1 is 1.17 bits per heavy atom. The van der Waals surface area contributed by atoms with Crippen LogP contribution in [0.4, 0.5) is 14.5 Å². The van der Waals surface area contributed by atoms with Crippen molar-refractivity contribution in [3.63, 3.8) is 0 Å². The molecule has 156 valence electrons. The molecule has 3 rings (SSSR count). The second-order valence-corrected chi connectivity index (χ2v) is 6.06. The number of rotatable bonds is 7. The van der Waals surface area contributed by atoms with Crippen LogP contribution in [0.3, 0.4) is 0 Å². The van der Waals surface area contributed by atoms with Gasteiger partial charge in [-0.05, 0) is 56.3 Å². The molecule has 30 heavy (non-hydrogen) atoms. The number of hydrogen-bond acceptors (Lipinski definition) is 6. The molecule has 0 spiro atoms. The molecule has 0 saturated carbocycles. The van der Waals surface area contributed by atoms with Crippen molar-refractivity contribution in [1.82, 2.24) is 15.0 Å². The van der Waals surface area contributed by atoms with Gasteiger partial charge in [-0.2, -0.15) is 8.78 Å². The number of aromatic nitrogens is 3. The van der Waals surface area contributed by atoms with Crippen molar-refractivity contribution in [2.75, 3.05) is 11.9 Å². The van der Waals surface area contributed by atoms with Crippen LogP contribution in [0, 0.1) is 6.92 Å². The molecule has 2 aromatic carbocycles. The Bertz CT molecular complexity index is 1050. The Balaban J connectivity index is 1.76. The minimum atomic E-state index is -2.92. The number of nitrogens with one attached hydrogen (secondary N) is 1. The number of alkyl halides is 2. The number of carbonyl (C=O) groups excluding carboxylic acids is 2. The standard InChI is InChI=1S/C20H18F2N4O4/c1-3-29-19(28)13-5-4-6-14(11-13)23-18(27)17-12(2)26(25-24-17)15-7-9-16(10-8-15)30-20(21)22/h4-11,20H,3H2,1-2H3,(H,23,27). The predicted molar refractivity (Wildman–Crippen MR) is 103 cm³/mol. The van der Waals surface area contributed by atoms with E-state index in [1.807, 2.05) is 0 Å². The van der Waals surface area contributed by atoms with Gasteiger partial charge in [-0.25, -0.2) is 9.48 Å². The minimum absolute atomic E-state index is 0.00552. The Hall–Kier alpha value is -3.82. The molecular weight excluding hydrogens is 398 g/mol. The van der Waals surface area contributed by atoms with Crippen molar-refractivity contribution in [1.29, 1.82) is 0 Å². The molecule has 0 saturated heterocycles. The Kier molecular flexibility index (Phi) is 6.35. The number of halogens is 2. The third-order valence-corrected chi connectivity index (χ3v) is 4.05. The van der Waals surface area contributed by atoms with Crippen LogP contribution < -0.4 is 10.1 Å². The molecule has 1 N–H and O–H groups in total. The van der Waals surface area contributed by atoms with E-state index in [0.29, 0.717) is 22.6 Å². The second kappa shape index (κ2) is 9.12. The first-order valence-electron chi connectivity index (χ1n) is 8.95. The molecule has 8 nitrogen and oxygen atoms in total. The lowest BCUT2D eigenvalue weighted by molar-refractivity contribution is -0.0498. The third kappa shape index (κ3) is 4.77. The molecule has 0 unspecified atom stereocenters. The van der Waals surface area contributed by atoms with Crippen LogP contribution in [-0.4, -0.2) is 40.1 Å². The normalized spacial score (nSPS) is 10.7. The number of carbonyl (C=O) groups is 2. The van der Waals surface area contributed by atoms with Crippen LogP contribution in [0.25, 0.3) is 5.69 Å². The van der Waals surface area contributed by atoms with Gasteiger partial charge in [-0.1, -0.05) is 11.3 Å². The van der Waals surface area contributed by atoms with E-state index in [4.69, 9.17) is 4.74 Å². The summed E-state index contributed by atoms with van der Waals surface area (Å²) in [6.45, 7) is 0.678. The first-order chi connectivity index (χ1) is 14.4. The molecule has 0 fully saturated rings. The van der Waals surface area contributed by atoms with Gasteiger partial charge in [0.1, 0.15) is 5.75 Å². The third-order valence-electron chi connectivity index (χ3n) is 4.05. The minimum Gasteiger partial charge on any atom is -0.462 e. The van der Waals surface area contributed by atoms with Gasteiger partial charge in [0.2, 0.25) is 0 Å². The first-order valence-corrected chi connectivity index (χ1v) is 8.95. The van der Waals surface area contributed by atoms with Crippen molar-refractivity contribution in [2.24, 2.45) is 0 Å². The summed E-state index contributed by atoms with van der Waals surface area (Å²) in [5.74, 6) is -1.00. The van der Waals surface area contributed by atoms with Gasteiger partial charge < -0.3 is 14.8 Å². The maximum atomic E-state index is 12.6. The highest BCUT2D eigenvalue weighted by Crippen LogP contribution is 2.19. The van der Waals surface area contributed by atoms with Crippen molar-refractivity contribution in [3.05, 3.63) is 65.5 Å². The monoisotopic (exact) mass is 416 g/mol. The molecule has 3 aromatic rings. The number of esters is 1. The molecule has 0 aliphatic heterocycles. The van der Waals surface area contributed by atoms with Crippen LogP contribution in [0.15, 0.2) is 48.5 Å². The van der Waals surface area contributed by atoms with Gasteiger partial charge in [0.15, 0.2) is 5.69 Å². The molecule has 1 amide bonds. The molecule has 1 aromatic heterocycles. The van der Waals surface area contributed by atoms with Crippen molar-refractivity contribution in [2.45, 2.75) is 20.5 Å². The SMILES string of the molecule is CCOC(=O)c1cccc(NC(=O)c2nnn(-c3ccc(OC(F)F)cc3)c2C)c1. The number of amides is 1. The average Bonchev–Trinajstić information content (AvgIpc) is 3.10. The fraction of sp³-hybridized carbons (Fsp3) is 0.200. The molecule has 0 atom stereocenters. The van der Waals surface area contributed by atoms with E-state index in [2.05, 4.69) is 20.4 Å². The van der Waals surface area contributed by atoms with Crippen LogP contribution in [0.2, 0.25) is 0 Å². The van der Waals surface area contributed by atoms with Gasteiger partial charge in [-0.15, -0.1) is 5.10 Å². The Morgan fingerprint density at radius 3 is 2.57 bits per heavy atom. The fourth-order valence-corrected chi connectivity index (χ4v) is 2.68. The number of anilines is 1. The molecule has 10 heteroatoms. The van der Waals surface area contributed by atoms with Crippen molar-refractivity contribution >= 4 is 17.6 Å². The lowest BCUT2D eigenvalue weighted by Gasteiger charge is -2.08. The van der Waals surface area contributed by atoms with E-state index in [1.165, 1.54) is 35.0 Å². The summed E-state index contributed by atoms with van der Waals surface area (Å²) in [5.41, 5.74) is 1.74. The molecule has 1 heterocycles. The van der Waals surface area contributed by atoms with Crippen molar-refractivity contribution in [3.8, 4) is 11.4 Å². The van der Waals surface area contributed by atoms with E-state index >= 15 is 0 Å². The zero-order valence-corrected chi connectivity index (χ0v) is 16.1. The summed E-state index contributed by atoms with van der Waals surface area (Å²) in [5, 5.41) is 10.5. The summed E-state index contributed by atoms with van der Waals surface area (Å²) in [7, 11) is 0. The quantitative estimate of drug-likeness (QED) is 0.592. The molecule has 0 radical (unpaired) electrons. The molecular formula is C20H18F2N4O4. The largest absolute Gasteiger partial charge is 0.462 e. The highest BCUT2D eigenvalue weighted by molar-refractivity contribution is 6.04. The van der Waals surface area contributed by atoms with Crippen LogP contribution in [0.1, 0.15) is 33.5 Å². The lowest BCUT2D eigenvalue weighted by atomic mass is 10.2. The maximum Gasteiger partial charge on any atom is 0.387 e. The highest BCUT2D eigenvalue weighted by Gasteiger charge is 2.18. The summed E-state index contributed by atoms with van der Waals surface area (Å²) >= 11 is 0. The second-order valence-electron chi connectivity index (χ2n) is 6.06. The van der Waals surface area contributed by atoms with E-state index in [9.17, 15) is 18.4 Å². The number of benzene rings is 2. The van der Waals surface area contributed by atoms with E-state index < -0.39 is 18.5 Å². The fourth-order valence-electron chi connectivity index (χ4n) is 2.68. The summed E-state index contributed by atoms with van der Waals surface area (Å²) in [6, 6.07) is 12.1. The van der Waals surface area contributed by atoms with Crippen LogP contribution in [-0.2, 0) is 4.74 Å².